The van der Waals surface area contributed by atoms with Crippen molar-refractivity contribution in [3.05, 3.63) is 108 Å². The lowest BCUT2D eigenvalue weighted by Gasteiger charge is -2.33. The van der Waals surface area contributed by atoms with Gasteiger partial charge in [-0.3, -0.25) is 9.69 Å². The summed E-state index contributed by atoms with van der Waals surface area (Å²) in [6, 6.07) is 27.7. The van der Waals surface area contributed by atoms with Crippen LogP contribution in [0.4, 0.5) is 32.5 Å². The summed E-state index contributed by atoms with van der Waals surface area (Å²) in [7, 11) is 1.46. The van der Waals surface area contributed by atoms with Gasteiger partial charge in [-0.25, -0.2) is 14.6 Å². The van der Waals surface area contributed by atoms with E-state index in [2.05, 4.69) is 31.2 Å². The Balaban J connectivity index is 1.17. The fraction of sp³-hybridized carbons (Fsp3) is 0.268. The van der Waals surface area contributed by atoms with Gasteiger partial charge >= 0.3 is 12.1 Å². The number of ether oxygens (including phenoxy) is 2. The second-order valence-corrected chi connectivity index (χ2v) is 13.9. The SMILES string of the molecule is COc1c(NC(=O)Nc2ccc(Oc3ccnc(Nc4ccccc4)c3)c3ccccc23)cc(C(C)(C)C)cc1C(=O)NCCN1CCN(C(=O)O)CC1. The number of pyridine rings is 1. The van der Waals surface area contributed by atoms with Crippen LogP contribution in [-0.4, -0.2) is 84.3 Å². The first-order valence-corrected chi connectivity index (χ1v) is 17.7. The summed E-state index contributed by atoms with van der Waals surface area (Å²) in [6.07, 6.45) is 0.755. The lowest BCUT2D eigenvalue weighted by Crippen LogP contribution is -2.49. The van der Waals surface area contributed by atoms with Gasteiger partial charge in [0, 0.05) is 68.0 Å². The number of amides is 4. The number of fused-ring (bicyclic) bond motifs is 1. The predicted octanol–water partition coefficient (Wildman–Crippen LogP) is 7.75. The summed E-state index contributed by atoms with van der Waals surface area (Å²) < 4.78 is 12.1. The van der Waals surface area contributed by atoms with E-state index in [1.165, 1.54) is 12.0 Å². The number of nitrogens with one attached hydrogen (secondary N) is 4. The third-order valence-electron chi connectivity index (χ3n) is 9.15. The summed E-state index contributed by atoms with van der Waals surface area (Å²) in [4.78, 5) is 46.4. The zero-order valence-electron chi connectivity index (χ0n) is 30.8. The van der Waals surface area contributed by atoms with E-state index < -0.39 is 12.1 Å². The second kappa shape index (κ2) is 16.6. The first-order valence-electron chi connectivity index (χ1n) is 17.7. The Hall–Kier alpha value is -6.34. The lowest BCUT2D eigenvalue weighted by molar-refractivity contribution is 0.0927. The van der Waals surface area contributed by atoms with E-state index in [0.717, 1.165) is 22.0 Å². The van der Waals surface area contributed by atoms with Crippen LogP contribution in [0.2, 0.25) is 0 Å². The van der Waals surface area contributed by atoms with E-state index >= 15 is 0 Å². The molecule has 5 aromatic rings. The molecule has 1 fully saturated rings. The molecule has 0 saturated carbocycles. The van der Waals surface area contributed by atoms with Gasteiger partial charge in [-0.05, 0) is 53.4 Å². The Labute approximate surface area is 314 Å². The summed E-state index contributed by atoms with van der Waals surface area (Å²) in [6.45, 7) is 9.05. The van der Waals surface area contributed by atoms with Gasteiger partial charge in [0.15, 0.2) is 5.75 Å². The highest BCUT2D eigenvalue weighted by Gasteiger charge is 2.25. The number of anilines is 4. The molecule has 1 aliphatic rings. The van der Waals surface area contributed by atoms with Crippen LogP contribution < -0.4 is 30.7 Å². The molecule has 54 heavy (non-hydrogen) atoms. The second-order valence-electron chi connectivity index (χ2n) is 13.9. The maximum absolute atomic E-state index is 13.6. The van der Waals surface area contributed by atoms with Crippen molar-refractivity contribution >= 4 is 51.7 Å². The summed E-state index contributed by atoms with van der Waals surface area (Å²) >= 11 is 0. The summed E-state index contributed by atoms with van der Waals surface area (Å²) in [5.41, 5.74) is 2.59. The van der Waals surface area contributed by atoms with Crippen molar-refractivity contribution in [1.82, 2.24) is 20.1 Å². The minimum atomic E-state index is -0.920. The molecule has 0 unspecified atom stereocenters. The maximum atomic E-state index is 13.6. The molecule has 0 spiro atoms. The number of methoxy groups -OCH3 is 1. The summed E-state index contributed by atoms with van der Waals surface area (Å²) in [5.74, 6) is 1.72. The molecular weight excluding hydrogens is 686 g/mol. The number of piperazine rings is 1. The molecule has 6 rings (SSSR count). The van der Waals surface area contributed by atoms with Crippen LogP contribution in [0.15, 0.2) is 97.2 Å². The number of benzene rings is 4. The zero-order valence-corrected chi connectivity index (χ0v) is 30.8. The van der Waals surface area contributed by atoms with Gasteiger partial charge in [0.1, 0.15) is 17.3 Å². The molecular formula is C41H45N7O6. The average Bonchev–Trinajstić information content (AvgIpc) is 3.16. The van der Waals surface area contributed by atoms with E-state index in [4.69, 9.17) is 9.47 Å². The zero-order chi connectivity index (χ0) is 38.2. The van der Waals surface area contributed by atoms with Gasteiger partial charge in [-0.2, -0.15) is 0 Å². The van der Waals surface area contributed by atoms with Crippen LogP contribution in [-0.2, 0) is 5.41 Å². The van der Waals surface area contributed by atoms with Crippen molar-refractivity contribution in [1.29, 1.82) is 0 Å². The Kier molecular flexibility index (Phi) is 11.5. The highest BCUT2D eigenvalue weighted by atomic mass is 16.5. The highest BCUT2D eigenvalue weighted by molar-refractivity contribution is 6.09. The molecule has 0 aliphatic carbocycles. The molecule has 1 aliphatic heterocycles. The van der Waals surface area contributed by atoms with E-state index in [-0.39, 0.29) is 17.1 Å². The van der Waals surface area contributed by atoms with Gasteiger partial charge < -0.3 is 40.7 Å². The normalized spacial score (nSPS) is 13.2. The number of carbonyl (C=O) groups excluding carboxylic acids is 2. The minimum absolute atomic E-state index is 0.234. The largest absolute Gasteiger partial charge is 0.494 e. The molecule has 4 amide bonds. The van der Waals surface area contributed by atoms with Crippen LogP contribution in [0.5, 0.6) is 17.2 Å². The Morgan fingerprint density at radius 2 is 1.54 bits per heavy atom. The number of carbonyl (C=O) groups is 3. The number of hydrogen-bond donors (Lipinski definition) is 5. The molecule has 0 atom stereocenters. The topological polar surface area (TPSA) is 157 Å². The quantitative estimate of drug-likeness (QED) is 0.0917. The van der Waals surface area contributed by atoms with Crippen molar-refractivity contribution < 1.29 is 29.0 Å². The molecule has 13 heteroatoms. The maximum Gasteiger partial charge on any atom is 0.407 e. The van der Waals surface area contributed by atoms with Crippen molar-refractivity contribution in [3.63, 3.8) is 0 Å². The fourth-order valence-electron chi connectivity index (χ4n) is 6.21. The molecule has 2 heterocycles. The molecule has 5 N–H and O–H groups in total. The van der Waals surface area contributed by atoms with Crippen molar-refractivity contribution in [2.45, 2.75) is 26.2 Å². The van der Waals surface area contributed by atoms with Gasteiger partial charge in [0.25, 0.3) is 5.91 Å². The van der Waals surface area contributed by atoms with Crippen molar-refractivity contribution in [2.24, 2.45) is 0 Å². The van der Waals surface area contributed by atoms with Gasteiger partial charge in [0.2, 0.25) is 0 Å². The van der Waals surface area contributed by atoms with Crippen LogP contribution in [0.1, 0.15) is 36.7 Å². The van der Waals surface area contributed by atoms with Crippen molar-refractivity contribution in [3.8, 4) is 17.2 Å². The van der Waals surface area contributed by atoms with Gasteiger partial charge in [-0.1, -0.05) is 63.2 Å². The van der Waals surface area contributed by atoms with Crippen LogP contribution in [0, 0.1) is 0 Å². The van der Waals surface area contributed by atoms with Gasteiger partial charge in [-0.15, -0.1) is 0 Å². The van der Waals surface area contributed by atoms with Crippen LogP contribution in [0.3, 0.4) is 0 Å². The molecule has 4 aromatic carbocycles. The number of nitrogens with zero attached hydrogens (tertiary/aromatic N) is 3. The minimum Gasteiger partial charge on any atom is -0.494 e. The van der Waals surface area contributed by atoms with E-state index in [0.29, 0.717) is 73.5 Å². The van der Waals surface area contributed by atoms with E-state index in [1.54, 1.807) is 30.5 Å². The third kappa shape index (κ3) is 9.17. The standard InChI is InChI=1S/C41H45N7O6/c1-41(2,3)27-24-32(38(49)43-18-19-47-20-22-48(23-21-47)40(51)52)37(53-4)34(25-27)46-39(50)45-33-14-15-35(31-13-9-8-12-30(31)33)54-29-16-17-42-36(26-29)44-28-10-6-5-7-11-28/h5-17,24-26H,18-23H2,1-4H3,(H,42,44)(H,43,49)(H,51,52)(H2,45,46,50). The lowest BCUT2D eigenvalue weighted by atomic mass is 9.85. The molecule has 13 nitrogen and oxygen atoms in total. The molecule has 0 radical (unpaired) electrons. The Bertz CT molecular complexity index is 2130. The number of aromatic nitrogens is 1. The predicted molar refractivity (Wildman–Crippen MR) is 211 cm³/mol. The Morgan fingerprint density at radius 1 is 0.833 bits per heavy atom. The van der Waals surface area contributed by atoms with Gasteiger partial charge in [0.05, 0.1) is 24.0 Å². The molecule has 280 valence electrons. The smallest absolute Gasteiger partial charge is 0.407 e. The third-order valence-corrected chi connectivity index (χ3v) is 9.15. The molecule has 1 saturated heterocycles. The first kappa shape index (κ1) is 37.4. The Morgan fingerprint density at radius 3 is 2.24 bits per heavy atom. The molecule has 0 bridgehead atoms. The fourth-order valence-corrected chi connectivity index (χ4v) is 6.21. The van der Waals surface area contributed by atoms with Crippen molar-refractivity contribution in [2.75, 3.05) is 62.3 Å². The van der Waals surface area contributed by atoms with Crippen LogP contribution in [0.25, 0.3) is 10.8 Å². The first-order chi connectivity index (χ1) is 26.0. The monoisotopic (exact) mass is 731 g/mol. The number of para-hydroxylation sites is 1. The van der Waals surface area contributed by atoms with E-state index in [1.807, 2.05) is 87.5 Å². The number of rotatable bonds is 11. The molecule has 1 aromatic heterocycles. The average molecular weight is 732 g/mol. The van der Waals surface area contributed by atoms with E-state index in [9.17, 15) is 19.5 Å². The highest BCUT2D eigenvalue weighted by Crippen LogP contribution is 2.37. The van der Waals surface area contributed by atoms with Crippen LogP contribution >= 0.6 is 0 Å². The number of carboxylic acid groups (broad SMARTS) is 1. The number of urea groups is 1. The number of hydrogen-bond acceptors (Lipinski definition) is 8. The summed E-state index contributed by atoms with van der Waals surface area (Å²) in [5, 5.41) is 22.9.